The van der Waals surface area contributed by atoms with E-state index in [1.165, 1.54) is 0 Å². The zero-order chi connectivity index (χ0) is 14.5. The highest BCUT2D eigenvalue weighted by atomic mass is 16.6. The average molecular weight is 281 g/mol. The third-order valence-corrected chi connectivity index (χ3v) is 3.04. The number of aromatic nitrogens is 2. The number of rotatable bonds is 6. The van der Waals surface area contributed by atoms with Crippen LogP contribution in [0.25, 0.3) is 0 Å². The van der Waals surface area contributed by atoms with Crippen molar-refractivity contribution in [3.63, 3.8) is 0 Å². The van der Waals surface area contributed by atoms with E-state index in [0.717, 1.165) is 19.4 Å². The molecule has 0 bridgehead atoms. The van der Waals surface area contributed by atoms with Gasteiger partial charge in [0.1, 0.15) is 5.69 Å². The van der Waals surface area contributed by atoms with Crippen LogP contribution in [-0.4, -0.2) is 40.7 Å². The molecule has 2 rings (SSSR count). The average Bonchev–Trinajstić information content (AvgIpc) is 2.88. The van der Waals surface area contributed by atoms with Crippen LogP contribution in [0.5, 0.6) is 0 Å². The van der Waals surface area contributed by atoms with Gasteiger partial charge in [0.2, 0.25) is 11.8 Å². The molecule has 2 N–H and O–H groups in total. The summed E-state index contributed by atoms with van der Waals surface area (Å²) in [5.41, 5.74) is 0.281. The van der Waals surface area contributed by atoms with Gasteiger partial charge >= 0.3 is 5.69 Å². The topological polar surface area (TPSA) is 102 Å². The Bertz CT molecular complexity index is 488. The van der Waals surface area contributed by atoms with Gasteiger partial charge in [-0.05, 0) is 19.8 Å². The van der Waals surface area contributed by atoms with Crippen LogP contribution in [0.15, 0.2) is 0 Å². The Labute approximate surface area is 117 Å². The summed E-state index contributed by atoms with van der Waals surface area (Å²) in [7, 11) is 0. The molecule has 8 heteroatoms. The number of aryl methyl sites for hydroxylation is 1. The highest BCUT2D eigenvalue weighted by Gasteiger charge is 2.25. The summed E-state index contributed by atoms with van der Waals surface area (Å²) in [6.45, 7) is 5.57. The molecule has 8 nitrogen and oxygen atoms in total. The summed E-state index contributed by atoms with van der Waals surface area (Å²) in [5, 5.41) is 17.3. The van der Waals surface area contributed by atoms with E-state index in [-0.39, 0.29) is 17.5 Å². The lowest BCUT2D eigenvalue weighted by Gasteiger charge is -2.13. The van der Waals surface area contributed by atoms with E-state index in [1.807, 2.05) is 6.92 Å². The lowest BCUT2D eigenvalue weighted by atomic mass is 10.2. The van der Waals surface area contributed by atoms with Crippen molar-refractivity contribution < 1.29 is 9.66 Å². The van der Waals surface area contributed by atoms with Gasteiger partial charge in [0.25, 0.3) is 0 Å². The molecule has 1 fully saturated rings. The van der Waals surface area contributed by atoms with Gasteiger partial charge in [-0.1, -0.05) is 6.92 Å². The molecular weight excluding hydrogens is 262 g/mol. The number of anilines is 2. The van der Waals surface area contributed by atoms with Gasteiger partial charge in [-0.15, -0.1) is 0 Å². The van der Waals surface area contributed by atoms with Crippen molar-refractivity contribution in [2.24, 2.45) is 0 Å². The molecule has 1 unspecified atom stereocenters. The van der Waals surface area contributed by atoms with Crippen molar-refractivity contribution in [1.82, 2.24) is 9.97 Å². The normalized spacial score (nSPS) is 18.0. The fraction of sp³-hybridized carbons (Fsp3) is 0.667. The van der Waals surface area contributed by atoms with Crippen LogP contribution in [0.3, 0.4) is 0 Å². The van der Waals surface area contributed by atoms with Gasteiger partial charge in [0, 0.05) is 13.2 Å². The summed E-state index contributed by atoms with van der Waals surface area (Å²) in [6.07, 6.45) is 1.75. The van der Waals surface area contributed by atoms with Crippen molar-refractivity contribution in [3.8, 4) is 0 Å². The summed E-state index contributed by atoms with van der Waals surface area (Å²) in [4.78, 5) is 19.1. The summed E-state index contributed by atoms with van der Waals surface area (Å²) in [6, 6.07) is 0.0574. The lowest BCUT2D eigenvalue weighted by molar-refractivity contribution is -0.385. The van der Waals surface area contributed by atoms with Crippen LogP contribution in [0.4, 0.5) is 17.5 Å². The summed E-state index contributed by atoms with van der Waals surface area (Å²) in [5.74, 6) is 0.674. The number of nitro groups is 1. The van der Waals surface area contributed by atoms with E-state index >= 15 is 0 Å². The molecular formula is C12H19N5O3. The lowest BCUT2D eigenvalue weighted by Crippen LogP contribution is -2.21. The number of nitrogens with zero attached hydrogens (tertiary/aromatic N) is 3. The van der Waals surface area contributed by atoms with Crippen molar-refractivity contribution >= 4 is 17.5 Å². The first-order valence-electron chi connectivity index (χ1n) is 6.73. The number of hydrogen-bond donors (Lipinski definition) is 2. The Kier molecular flexibility index (Phi) is 4.67. The number of ether oxygens (including phenoxy) is 1. The van der Waals surface area contributed by atoms with Gasteiger partial charge in [0.15, 0.2) is 0 Å². The number of hydrogen-bond acceptors (Lipinski definition) is 7. The molecule has 0 amide bonds. The van der Waals surface area contributed by atoms with Crippen LogP contribution in [0, 0.1) is 17.0 Å². The molecule has 0 aromatic carbocycles. The van der Waals surface area contributed by atoms with Crippen LogP contribution in [0.1, 0.15) is 25.5 Å². The quantitative estimate of drug-likeness (QED) is 0.604. The molecule has 0 spiro atoms. The highest BCUT2D eigenvalue weighted by molar-refractivity contribution is 5.61. The van der Waals surface area contributed by atoms with Gasteiger partial charge in [-0.25, -0.2) is 4.98 Å². The largest absolute Gasteiger partial charge is 0.379 e. The zero-order valence-corrected chi connectivity index (χ0v) is 11.7. The van der Waals surface area contributed by atoms with Crippen LogP contribution >= 0.6 is 0 Å². The van der Waals surface area contributed by atoms with Crippen molar-refractivity contribution in [1.29, 1.82) is 0 Å². The molecule has 1 atom stereocenters. The van der Waals surface area contributed by atoms with Crippen LogP contribution in [0.2, 0.25) is 0 Å². The predicted octanol–water partition coefficient (Wildman–Crippen LogP) is 1.72. The maximum absolute atomic E-state index is 11.2. The smallest absolute Gasteiger partial charge is 0.332 e. The molecule has 0 saturated carbocycles. The first kappa shape index (κ1) is 14.4. The third-order valence-electron chi connectivity index (χ3n) is 3.04. The first-order chi connectivity index (χ1) is 9.61. The summed E-state index contributed by atoms with van der Waals surface area (Å²) < 4.78 is 5.26. The minimum atomic E-state index is -0.447. The SMILES string of the molecule is CCCNc1nc(C)c([N+](=O)[O-])c(NC2CCOC2)n1. The van der Waals surface area contributed by atoms with E-state index in [0.29, 0.717) is 24.9 Å². The molecule has 1 aliphatic rings. The molecule has 0 radical (unpaired) electrons. The first-order valence-corrected chi connectivity index (χ1v) is 6.73. The Morgan fingerprint density at radius 3 is 2.90 bits per heavy atom. The summed E-state index contributed by atoms with van der Waals surface area (Å²) >= 11 is 0. The fourth-order valence-electron chi connectivity index (χ4n) is 2.04. The fourth-order valence-corrected chi connectivity index (χ4v) is 2.04. The molecule has 20 heavy (non-hydrogen) atoms. The van der Waals surface area contributed by atoms with E-state index < -0.39 is 4.92 Å². The molecule has 0 aliphatic carbocycles. The van der Waals surface area contributed by atoms with Gasteiger partial charge in [-0.3, -0.25) is 10.1 Å². The third kappa shape index (κ3) is 3.32. The second kappa shape index (κ2) is 6.47. The van der Waals surface area contributed by atoms with Crippen molar-refractivity contribution in [2.45, 2.75) is 32.7 Å². The highest BCUT2D eigenvalue weighted by Crippen LogP contribution is 2.28. The Hall–Kier alpha value is -1.96. The molecule has 1 aromatic rings. The van der Waals surface area contributed by atoms with Gasteiger partial charge in [-0.2, -0.15) is 4.98 Å². The molecule has 110 valence electrons. The minimum Gasteiger partial charge on any atom is -0.379 e. The van der Waals surface area contributed by atoms with Crippen molar-refractivity contribution in [2.75, 3.05) is 30.4 Å². The molecule has 1 saturated heterocycles. The van der Waals surface area contributed by atoms with Crippen LogP contribution < -0.4 is 10.6 Å². The Morgan fingerprint density at radius 1 is 1.50 bits per heavy atom. The Morgan fingerprint density at radius 2 is 2.30 bits per heavy atom. The van der Waals surface area contributed by atoms with E-state index in [4.69, 9.17) is 4.74 Å². The van der Waals surface area contributed by atoms with E-state index in [2.05, 4.69) is 20.6 Å². The minimum absolute atomic E-state index is 0.0574. The Balaban J connectivity index is 2.27. The van der Waals surface area contributed by atoms with Gasteiger partial charge in [0.05, 0.1) is 17.6 Å². The standard InChI is InChI=1S/C12H19N5O3/c1-3-5-13-12-14-8(2)10(17(18)19)11(16-12)15-9-4-6-20-7-9/h9H,3-7H2,1-2H3,(H2,13,14,15,16). The second-order valence-corrected chi connectivity index (χ2v) is 4.72. The second-order valence-electron chi connectivity index (χ2n) is 4.72. The molecule has 1 aromatic heterocycles. The monoisotopic (exact) mass is 281 g/mol. The van der Waals surface area contributed by atoms with E-state index in [1.54, 1.807) is 6.92 Å². The maximum Gasteiger partial charge on any atom is 0.332 e. The van der Waals surface area contributed by atoms with Crippen molar-refractivity contribution in [3.05, 3.63) is 15.8 Å². The van der Waals surface area contributed by atoms with Gasteiger partial charge < -0.3 is 15.4 Å². The predicted molar refractivity (Wildman–Crippen MR) is 75.1 cm³/mol. The number of nitrogens with one attached hydrogen (secondary N) is 2. The van der Waals surface area contributed by atoms with E-state index in [9.17, 15) is 10.1 Å². The molecule has 2 heterocycles. The maximum atomic E-state index is 11.2. The molecule has 1 aliphatic heterocycles. The zero-order valence-electron chi connectivity index (χ0n) is 11.7. The van der Waals surface area contributed by atoms with Crippen LogP contribution in [-0.2, 0) is 4.74 Å².